The van der Waals surface area contributed by atoms with E-state index in [1.54, 1.807) is 35.5 Å². The number of carbonyl (C=O) groups excluding carboxylic acids is 1. The van der Waals surface area contributed by atoms with Crippen LogP contribution in [0.25, 0.3) is 0 Å². The molecule has 0 aromatic carbocycles. The molecule has 4 heterocycles. The molecule has 31 heavy (non-hydrogen) atoms. The number of halogens is 3. The van der Waals surface area contributed by atoms with E-state index in [2.05, 4.69) is 15.4 Å². The Morgan fingerprint density at radius 2 is 1.90 bits per heavy atom. The van der Waals surface area contributed by atoms with Crippen molar-refractivity contribution in [2.75, 3.05) is 18.4 Å². The summed E-state index contributed by atoms with van der Waals surface area (Å²) >= 11 is 0. The molecule has 0 radical (unpaired) electrons. The highest BCUT2D eigenvalue weighted by Crippen LogP contribution is 2.44. The van der Waals surface area contributed by atoms with Gasteiger partial charge in [0, 0.05) is 49.1 Å². The van der Waals surface area contributed by atoms with Crippen LogP contribution in [0.3, 0.4) is 0 Å². The third-order valence-corrected chi connectivity index (χ3v) is 6.31. The van der Waals surface area contributed by atoms with Gasteiger partial charge in [-0.2, -0.15) is 18.3 Å². The van der Waals surface area contributed by atoms with E-state index in [4.69, 9.17) is 0 Å². The smallest absolute Gasteiger partial charge is 0.367 e. The summed E-state index contributed by atoms with van der Waals surface area (Å²) in [7, 11) is 0. The molecule has 3 atom stereocenters. The number of hydrogen-bond acceptors (Lipinski definition) is 4. The molecule has 2 aromatic heterocycles. The second-order valence-corrected chi connectivity index (χ2v) is 9.58. The van der Waals surface area contributed by atoms with Crippen molar-refractivity contribution in [1.29, 1.82) is 0 Å². The average Bonchev–Trinajstić information content (AvgIpc) is 3.16. The summed E-state index contributed by atoms with van der Waals surface area (Å²) in [5, 5.41) is 7.66. The second kappa shape index (κ2) is 7.84. The largest absolute Gasteiger partial charge is 0.410 e. The maximum Gasteiger partial charge on any atom is 0.410 e. The molecule has 0 bridgehead atoms. The third-order valence-electron chi connectivity index (χ3n) is 6.31. The van der Waals surface area contributed by atoms with Gasteiger partial charge in [0.1, 0.15) is 5.82 Å². The third kappa shape index (κ3) is 4.41. The highest BCUT2D eigenvalue weighted by Gasteiger charge is 2.48. The lowest BCUT2D eigenvalue weighted by Crippen LogP contribution is -2.44. The molecule has 168 valence electrons. The Balaban J connectivity index is 1.59. The molecule has 1 saturated heterocycles. The maximum atomic E-state index is 13.8. The number of aromatic nitrogens is 3. The summed E-state index contributed by atoms with van der Waals surface area (Å²) in [6, 6.07) is 3.12. The summed E-state index contributed by atoms with van der Waals surface area (Å²) in [4.78, 5) is 18.5. The lowest BCUT2D eigenvalue weighted by atomic mass is 9.82. The molecule has 2 aromatic rings. The van der Waals surface area contributed by atoms with Crippen LogP contribution in [0.4, 0.5) is 19.0 Å². The zero-order chi connectivity index (χ0) is 22.4. The average molecular weight is 435 g/mol. The first-order valence-corrected chi connectivity index (χ1v) is 10.7. The van der Waals surface area contributed by atoms with E-state index in [9.17, 15) is 18.0 Å². The van der Waals surface area contributed by atoms with Crippen LogP contribution >= 0.6 is 0 Å². The predicted molar refractivity (Wildman–Crippen MR) is 111 cm³/mol. The molecule has 1 unspecified atom stereocenters. The van der Waals surface area contributed by atoms with Gasteiger partial charge in [0.05, 0.1) is 5.69 Å². The highest BCUT2D eigenvalue weighted by atomic mass is 19.4. The molecule has 9 heteroatoms. The fourth-order valence-corrected chi connectivity index (χ4v) is 4.44. The van der Waals surface area contributed by atoms with Gasteiger partial charge in [0.2, 0.25) is 0 Å². The van der Waals surface area contributed by atoms with E-state index >= 15 is 0 Å². The van der Waals surface area contributed by atoms with Gasteiger partial charge < -0.3 is 10.2 Å². The van der Waals surface area contributed by atoms with E-state index in [1.807, 2.05) is 20.8 Å². The summed E-state index contributed by atoms with van der Waals surface area (Å²) < 4.78 is 42.6. The predicted octanol–water partition coefficient (Wildman–Crippen LogP) is 4.63. The second-order valence-electron chi connectivity index (χ2n) is 9.58. The Labute approximate surface area is 179 Å². The van der Waals surface area contributed by atoms with Crippen molar-refractivity contribution in [3.05, 3.63) is 41.9 Å². The van der Waals surface area contributed by atoms with Gasteiger partial charge in [-0.15, -0.1) is 0 Å². The fraction of sp³-hybridized carbons (Fsp3) is 0.591. The first kappa shape index (κ1) is 21.6. The van der Waals surface area contributed by atoms with Gasteiger partial charge >= 0.3 is 6.18 Å². The van der Waals surface area contributed by atoms with Crippen molar-refractivity contribution in [3.8, 4) is 0 Å². The van der Waals surface area contributed by atoms with Gasteiger partial charge in [-0.25, -0.2) is 4.68 Å². The van der Waals surface area contributed by atoms with Crippen LogP contribution in [-0.4, -0.2) is 50.9 Å². The molecular weight excluding hydrogens is 407 g/mol. The van der Waals surface area contributed by atoms with Crippen molar-refractivity contribution in [3.63, 3.8) is 0 Å². The van der Waals surface area contributed by atoms with Gasteiger partial charge in [-0.3, -0.25) is 9.78 Å². The van der Waals surface area contributed by atoms with Crippen LogP contribution in [0.1, 0.15) is 68.0 Å². The lowest BCUT2D eigenvalue weighted by molar-refractivity contribution is -0.175. The standard InChI is InChI=1S/C22H28F3N5O/c1-21(2,3)17-12-18(22(23,24)25)30-19(27-17)11-16(28-30)15-5-4-10-29(13-15)20(31)14-6-8-26-9-7-14/h6-9,11,15,17-18,27H,4-5,10,12-13H2,1-3H3/t15?,17-,18+/m0/s1. The van der Waals surface area contributed by atoms with Crippen LogP contribution in [0.2, 0.25) is 0 Å². The van der Waals surface area contributed by atoms with Crippen LogP contribution < -0.4 is 5.32 Å². The fourth-order valence-electron chi connectivity index (χ4n) is 4.44. The number of hydrogen-bond donors (Lipinski definition) is 1. The molecule has 0 aliphatic carbocycles. The number of pyridine rings is 1. The zero-order valence-electron chi connectivity index (χ0n) is 18.0. The quantitative estimate of drug-likeness (QED) is 0.747. The number of carbonyl (C=O) groups is 1. The van der Waals surface area contributed by atoms with Gasteiger partial charge in [0.15, 0.2) is 6.04 Å². The number of nitrogens with zero attached hydrogens (tertiary/aromatic N) is 4. The monoisotopic (exact) mass is 435 g/mol. The van der Waals surface area contributed by atoms with E-state index in [0.717, 1.165) is 17.5 Å². The van der Waals surface area contributed by atoms with Crippen LogP contribution in [0.5, 0.6) is 0 Å². The number of rotatable bonds is 2. The number of likely N-dealkylation sites (tertiary alicyclic amines) is 1. The number of anilines is 1. The van der Waals surface area contributed by atoms with Crippen LogP contribution in [-0.2, 0) is 0 Å². The Morgan fingerprint density at radius 3 is 2.55 bits per heavy atom. The van der Waals surface area contributed by atoms with Crippen molar-refractivity contribution >= 4 is 11.7 Å². The molecule has 6 nitrogen and oxygen atoms in total. The molecule has 1 fully saturated rings. The van der Waals surface area contributed by atoms with Crippen molar-refractivity contribution < 1.29 is 18.0 Å². The lowest BCUT2D eigenvalue weighted by Gasteiger charge is -2.39. The minimum absolute atomic E-state index is 0.0571. The Bertz CT molecular complexity index is 935. The number of fused-ring (bicyclic) bond motifs is 1. The Morgan fingerprint density at radius 1 is 1.19 bits per heavy atom. The molecular formula is C22H28F3N5O. The van der Waals surface area contributed by atoms with Gasteiger partial charge in [0.25, 0.3) is 5.91 Å². The van der Waals surface area contributed by atoms with Crippen molar-refractivity contribution in [1.82, 2.24) is 19.7 Å². The van der Waals surface area contributed by atoms with Gasteiger partial charge in [-0.1, -0.05) is 20.8 Å². The number of nitrogens with one attached hydrogen (secondary N) is 1. The van der Waals surface area contributed by atoms with Crippen LogP contribution in [0, 0.1) is 5.41 Å². The highest BCUT2D eigenvalue weighted by molar-refractivity contribution is 5.94. The number of alkyl halides is 3. The van der Waals surface area contributed by atoms with E-state index in [0.29, 0.717) is 30.2 Å². The topological polar surface area (TPSA) is 63.1 Å². The Hall–Kier alpha value is -2.58. The van der Waals surface area contributed by atoms with Crippen LogP contribution in [0.15, 0.2) is 30.6 Å². The molecule has 2 aliphatic heterocycles. The molecule has 1 N–H and O–H groups in total. The van der Waals surface area contributed by atoms with E-state index in [-0.39, 0.29) is 29.7 Å². The molecule has 0 spiro atoms. The minimum atomic E-state index is -4.38. The first-order chi connectivity index (χ1) is 14.5. The summed E-state index contributed by atoms with van der Waals surface area (Å²) in [5.74, 6) is 0.220. The number of piperidine rings is 1. The van der Waals surface area contributed by atoms with Crippen molar-refractivity contribution in [2.24, 2.45) is 5.41 Å². The first-order valence-electron chi connectivity index (χ1n) is 10.7. The normalized spacial score (nSPS) is 24.5. The van der Waals surface area contributed by atoms with E-state index < -0.39 is 12.2 Å². The number of amides is 1. The molecule has 4 rings (SSSR count). The molecule has 2 aliphatic rings. The summed E-state index contributed by atoms with van der Waals surface area (Å²) in [6.45, 7) is 6.88. The maximum absolute atomic E-state index is 13.8. The van der Waals surface area contributed by atoms with Crippen molar-refractivity contribution in [2.45, 2.75) is 64.2 Å². The molecule has 0 saturated carbocycles. The SMILES string of the molecule is CC(C)(C)[C@@H]1C[C@H](C(F)(F)F)n2nc(C3CCCN(C(=O)c4ccncc4)C3)cc2N1. The zero-order valence-corrected chi connectivity index (χ0v) is 18.0. The summed E-state index contributed by atoms with van der Waals surface area (Å²) in [6.07, 6.45) is 0.289. The summed E-state index contributed by atoms with van der Waals surface area (Å²) in [5.41, 5.74) is 0.850. The Kier molecular flexibility index (Phi) is 5.47. The minimum Gasteiger partial charge on any atom is -0.367 e. The molecule has 1 amide bonds. The van der Waals surface area contributed by atoms with Gasteiger partial charge in [-0.05, 0) is 36.8 Å². The van der Waals surface area contributed by atoms with E-state index in [1.165, 1.54) is 0 Å².